The lowest BCUT2D eigenvalue weighted by atomic mass is 9.96. The van der Waals surface area contributed by atoms with E-state index >= 15 is 0 Å². The SMILES string of the molecule is CC1=C(c2ccc(Cl)cc2)C(=O)NC1Cc1ccccc1. The molecule has 1 unspecified atom stereocenters. The molecule has 0 bridgehead atoms. The fourth-order valence-electron chi connectivity index (χ4n) is 2.72. The summed E-state index contributed by atoms with van der Waals surface area (Å²) in [6.45, 7) is 2.02. The highest BCUT2D eigenvalue weighted by Crippen LogP contribution is 2.28. The van der Waals surface area contributed by atoms with Crippen LogP contribution in [-0.4, -0.2) is 11.9 Å². The molecule has 1 aliphatic rings. The van der Waals surface area contributed by atoms with E-state index < -0.39 is 0 Å². The van der Waals surface area contributed by atoms with Crippen molar-refractivity contribution in [1.82, 2.24) is 5.32 Å². The molecule has 2 aromatic rings. The van der Waals surface area contributed by atoms with E-state index in [1.165, 1.54) is 5.56 Å². The first-order valence-electron chi connectivity index (χ1n) is 6.96. The average molecular weight is 298 g/mol. The van der Waals surface area contributed by atoms with E-state index in [2.05, 4.69) is 17.4 Å². The second-order valence-corrected chi connectivity index (χ2v) is 5.72. The number of rotatable bonds is 3. The Morgan fingerprint density at radius 3 is 2.38 bits per heavy atom. The molecule has 1 atom stereocenters. The molecule has 3 heteroatoms. The summed E-state index contributed by atoms with van der Waals surface area (Å²) in [6, 6.07) is 17.7. The molecule has 3 rings (SSSR count). The van der Waals surface area contributed by atoms with Crippen molar-refractivity contribution in [2.75, 3.05) is 0 Å². The van der Waals surface area contributed by atoms with E-state index in [9.17, 15) is 4.79 Å². The summed E-state index contributed by atoms with van der Waals surface area (Å²) in [5, 5.41) is 3.75. The molecule has 0 fully saturated rings. The fraction of sp³-hybridized carbons (Fsp3) is 0.167. The maximum Gasteiger partial charge on any atom is 0.252 e. The topological polar surface area (TPSA) is 29.1 Å². The summed E-state index contributed by atoms with van der Waals surface area (Å²) < 4.78 is 0. The largest absolute Gasteiger partial charge is 0.345 e. The first-order chi connectivity index (χ1) is 10.1. The van der Waals surface area contributed by atoms with Gasteiger partial charge in [-0.25, -0.2) is 0 Å². The summed E-state index contributed by atoms with van der Waals surface area (Å²) in [7, 11) is 0. The van der Waals surface area contributed by atoms with Gasteiger partial charge in [-0.15, -0.1) is 0 Å². The minimum Gasteiger partial charge on any atom is -0.345 e. The summed E-state index contributed by atoms with van der Waals surface area (Å²) >= 11 is 5.91. The Balaban J connectivity index is 1.89. The van der Waals surface area contributed by atoms with Crippen LogP contribution >= 0.6 is 11.6 Å². The normalized spacial score (nSPS) is 18.0. The Hall–Kier alpha value is -2.06. The van der Waals surface area contributed by atoms with Crippen molar-refractivity contribution in [3.63, 3.8) is 0 Å². The van der Waals surface area contributed by atoms with Crippen molar-refractivity contribution in [3.05, 3.63) is 76.3 Å². The first-order valence-corrected chi connectivity index (χ1v) is 7.34. The van der Waals surface area contributed by atoms with Crippen molar-refractivity contribution in [1.29, 1.82) is 0 Å². The van der Waals surface area contributed by atoms with Crippen molar-refractivity contribution in [2.24, 2.45) is 0 Å². The minimum atomic E-state index is -0.00393. The Labute approximate surface area is 129 Å². The summed E-state index contributed by atoms with van der Waals surface area (Å²) in [5.74, 6) is -0.00393. The van der Waals surface area contributed by atoms with Crippen molar-refractivity contribution in [2.45, 2.75) is 19.4 Å². The quantitative estimate of drug-likeness (QED) is 0.916. The molecular weight excluding hydrogens is 282 g/mol. The predicted molar refractivity (Wildman–Crippen MR) is 86.1 cm³/mol. The number of hydrogen-bond donors (Lipinski definition) is 1. The molecule has 1 aliphatic heterocycles. The van der Waals surface area contributed by atoms with Crippen LogP contribution in [0.1, 0.15) is 18.1 Å². The first kappa shape index (κ1) is 13.9. The molecule has 106 valence electrons. The van der Waals surface area contributed by atoms with Gasteiger partial charge in [-0.05, 0) is 42.2 Å². The molecule has 0 saturated heterocycles. The van der Waals surface area contributed by atoms with Crippen LogP contribution in [0.2, 0.25) is 5.02 Å². The second kappa shape index (κ2) is 5.74. The zero-order valence-corrected chi connectivity index (χ0v) is 12.5. The van der Waals surface area contributed by atoms with Gasteiger partial charge in [0, 0.05) is 10.6 Å². The van der Waals surface area contributed by atoms with E-state index in [1.54, 1.807) is 0 Å². The Morgan fingerprint density at radius 2 is 1.71 bits per heavy atom. The smallest absolute Gasteiger partial charge is 0.252 e. The molecule has 0 spiro atoms. The predicted octanol–water partition coefficient (Wildman–Crippen LogP) is 3.85. The number of benzene rings is 2. The van der Waals surface area contributed by atoms with E-state index in [-0.39, 0.29) is 11.9 Å². The number of halogens is 1. The van der Waals surface area contributed by atoms with Gasteiger partial charge in [0.2, 0.25) is 0 Å². The van der Waals surface area contributed by atoms with Gasteiger partial charge >= 0.3 is 0 Å². The van der Waals surface area contributed by atoms with Crippen LogP contribution < -0.4 is 5.32 Å². The summed E-state index contributed by atoms with van der Waals surface area (Å²) in [6.07, 6.45) is 0.815. The van der Waals surface area contributed by atoms with Gasteiger partial charge < -0.3 is 5.32 Å². The van der Waals surface area contributed by atoms with Gasteiger partial charge in [0.15, 0.2) is 0 Å². The Morgan fingerprint density at radius 1 is 1.05 bits per heavy atom. The van der Waals surface area contributed by atoms with Gasteiger partial charge in [-0.3, -0.25) is 4.79 Å². The van der Waals surface area contributed by atoms with Gasteiger partial charge in [0.25, 0.3) is 5.91 Å². The van der Waals surface area contributed by atoms with E-state index in [0.29, 0.717) is 5.02 Å². The van der Waals surface area contributed by atoms with Crippen molar-refractivity contribution in [3.8, 4) is 0 Å². The summed E-state index contributed by atoms with van der Waals surface area (Å²) in [4.78, 5) is 12.3. The fourth-order valence-corrected chi connectivity index (χ4v) is 2.85. The molecule has 2 aromatic carbocycles. The zero-order valence-electron chi connectivity index (χ0n) is 11.8. The lowest BCUT2D eigenvalue weighted by molar-refractivity contribution is -0.115. The highest BCUT2D eigenvalue weighted by atomic mass is 35.5. The summed E-state index contributed by atoms with van der Waals surface area (Å²) in [5.41, 5.74) is 4.00. The van der Waals surface area contributed by atoms with Crippen LogP contribution in [0, 0.1) is 0 Å². The molecule has 0 aromatic heterocycles. The van der Waals surface area contributed by atoms with Gasteiger partial charge in [-0.2, -0.15) is 0 Å². The number of carbonyl (C=O) groups excluding carboxylic acids is 1. The highest BCUT2D eigenvalue weighted by molar-refractivity contribution is 6.30. The van der Waals surface area contributed by atoms with Gasteiger partial charge in [-0.1, -0.05) is 54.1 Å². The number of carbonyl (C=O) groups is 1. The van der Waals surface area contributed by atoms with Crippen molar-refractivity contribution < 1.29 is 4.79 Å². The molecule has 1 N–H and O–H groups in total. The highest BCUT2D eigenvalue weighted by Gasteiger charge is 2.29. The lowest BCUT2D eigenvalue weighted by Crippen LogP contribution is -2.30. The van der Waals surface area contributed by atoms with E-state index in [0.717, 1.165) is 23.1 Å². The Bertz CT molecular complexity index is 689. The van der Waals surface area contributed by atoms with Gasteiger partial charge in [0.1, 0.15) is 0 Å². The molecule has 0 radical (unpaired) electrons. The van der Waals surface area contributed by atoms with Crippen LogP contribution in [0.25, 0.3) is 5.57 Å². The molecule has 0 saturated carbocycles. The molecular formula is C18H16ClNO. The molecule has 1 heterocycles. The molecule has 1 amide bonds. The van der Waals surface area contributed by atoms with E-state index in [4.69, 9.17) is 11.6 Å². The third kappa shape index (κ3) is 2.86. The average Bonchev–Trinajstić information content (AvgIpc) is 2.76. The molecule has 0 aliphatic carbocycles. The third-order valence-corrected chi connectivity index (χ3v) is 4.12. The number of hydrogen-bond acceptors (Lipinski definition) is 1. The Kier molecular flexibility index (Phi) is 3.80. The molecule has 2 nitrogen and oxygen atoms in total. The third-order valence-electron chi connectivity index (χ3n) is 3.86. The number of nitrogens with one attached hydrogen (secondary N) is 1. The van der Waals surface area contributed by atoms with Crippen LogP contribution in [0.4, 0.5) is 0 Å². The standard InChI is InChI=1S/C18H16ClNO/c1-12-16(11-13-5-3-2-4-6-13)20-18(21)17(12)14-7-9-15(19)10-8-14/h2-10,16H,11H2,1H3,(H,20,21). The van der Waals surface area contributed by atoms with E-state index in [1.807, 2.05) is 49.4 Å². The van der Waals surface area contributed by atoms with Crippen LogP contribution in [0.5, 0.6) is 0 Å². The monoisotopic (exact) mass is 297 g/mol. The van der Waals surface area contributed by atoms with Crippen LogP contribution in [0.3, 0.4) is 0 Å². The van der Waals surface area contributed by atoms with Crippen LogP contribution in [0.15, 0.2) is 60.2 Å². The second-order valence-electron chi connectivity index (χ2n) is 5.28. The zero-order chi connectivity index (χ0) is 14.8. The minimum absolute atomic E-state index is 0.00393. The lowest BCUT2D eigenvalue weighted by Gasteiger charge is -2.12. The van der Waals surface area contributed by atoms with Crippen molar-refractivity contribution >= 4 is 23.1 Å². The van der Waals surface area contributed by atoms with Crippen LogP contribution in [-0.2, 0) is 11.2 Å². The maximum absolute atomic E-state index is 12.3. The number of amides is 1. The van der Waals surface area contributed by atoms with Gasteiger partial charge in [0.05, 0.1) is 6.04 Å². The molecule has 21 heavy (non-hydrogen) atoms. The maximum atomic E-state index is 12.3.